The highest BCUT2D eigenvalue weighted by Gasteiger charge is 2.15. The van der Waals surface area contributed by atoms with Crippen molar-refractivity contribution in [2.45, 2.75) is 34.6 Å². The van der Waals surface area contributed by atoms with Crippen LogP contribution in [-0.4, -0.2) is 12.1 Å². The summed E-state index contributed by atoms with van der Waals surface area (Å²) < 4.78 is 5.46. The summed E-state index contributed by atoms with van der Waals surface area (Å²) in [5.41, 5.74) is 5.98. The highest BCUT2D eigenvalue weighted by atomic mass is 32.1. The van der Waals surface area contributed by atoms with Crippen LogP contribution in [0.15, 0.2) is 6.07 Å². The van der Waals surface area contributed by atoms with Gasteiger partial charge in [-0.3, -0.25) is 0 Å². The Balaban J connectivity index is 2.66. The number of aromatic nitrogens is 1. The number of benzene rings is 1. The lowest BCUT2D eigenvalue weighted by atomic mass is 9.99. The Kier molecular flexibility index (Phi) is 3.44. The second-order valence-electron chi connectivity index (χ2n) is 4.68. The average Bonchev–Trinajstić information content (AvgIpc) is 2.65. The van der Waals surface area contributed by atoms with Gasteiger partial charge in [-0.15, -0.1) is 11.3 Å². The first-order valence-electron chi connectivity index (χ1n) is 6.05. The maximum absolute atomic E-state index is 5.46. The van der Waals surface area contributed by atoms with Gasteiger partial charge in [0.2, 0.25) is 0 Å². The van der Waals surface area contributed by atoms with Crippen molar-refractivity contribution in [1.82, 2.24) is 4.98 Å². The normalized spacial score (nSPS) is 10.8. The molecule has 96 valence electrons. The Morgan fingerprint density at radius 2 is 1.72 bits per heavy atom. The van der Waals surface area contributed by atoms with Gasteiger partial charge in [0.15, 0.2) is 0 Å². The Morgan fingerprint density at radius 1 is 1.06 bits per heavy atom. The molecule has 0 radical (unpaired) electrons. The number of rotatable bonds is 2. The van der Waals surface area contributed by atoms with Crippen molar-refractivity contribution in [3.05, 3.63) is 33.3 Å². The highest BCUT2D eigenvalue weighted by Crippen LogP contribution is 2.36. The molecule has 1 aromatic heterocycles. The lowest BCUT2D eigenvalue weighted by Crippen LogP contribution is -1.96. The topological polar surface area (TPSA) is 22.1 Å². The third kappa shape index (κ3) is 2.03. The zero-order valence-corrected chi connectivity index (χ0v) is 12.7. The van der Waals surface area contributed by atoms with Crippen molar-refractivity contribution in [2.24, 2.45) is 0 Å². The van der Waals surface area contributed by atoms with E-state index < -0.39 is 0 Å². The average molecular weight is 261 g/mol. The number of aryl methyl sites for hydroxylation is 3. The second kappa shape index (κ2) is 4.73. The van der Waals surface area contributed by atoms with E-state index in [0.717, 1.165) is 16.5 Å². The molecule has 0 atom stereocenters. The summed E-state index contributed by atoms with van der Waals surface area (Å²) in [4.78, 5) is 5.94. The summed E-state index contributed by atoms with van der Waals surface area (Å²) in [6.07, 6.45) is 0. The van der Waals surface area contributed by atoms with E-state index in [0.29, 0.717) is 0 Å². The molecule has 1 aromatic carbocycles. The van der Waals surface area contributed by atoms with Gasteiger partial charge in [-0.05, 0) is 57.4 Å². The molecular weight excluding hydrogens is 242 g/mol. The Hall–Kier alpha value is -1.35. The van der Waals surface area contributed by atoms with Gasteiger partial charge in [0.05, 0.1) is 12.8 Å². The smallest absolute Gasteiger partial charge is 0.124 e. The first-order chi connectivity index (χ1) is 8.45. The Labute approximate surface area is 113 Å². The van der Waals surface area contributed by atoms with E-state index >= 15 is 0 Å². The fourth-order valence-electron chi connectivity index (χ4n) is 2.18. The molecule has 2 aromatic rings. The summed E-state index contributed by atoms with van der Waals surface area (Å²) in [7, 11) is 1.73. The van der Waals surface area contributed by atoms with E-state index in [9.17, 15) is 0 Å². The lowest BCUT2D eigenvalue weighted by molar-refractivity contribution is 0.408. The van der Waals surface area contributed by atoms with Crippen molar-refractivity contribution >= 4 is 11.3 Å². The molecule has 0 unspecified atom stereocenters. The van der Waals surface area contributed by atoms with Crippen LogP contribution in [0.25, 0.3) is 10.6 Å². The molecule has 0 N–H and O–H groups in total. The van der Waals surface area contributed by atoms with Crippen LogP contribution in [0.1, 0.15) is 27.3 Å². The minimum Gasteiger partial charge on any atom is -0.496 e. The predicted octanol–water partition coefficient (Wildman–Crippen LogP) is 4.36. The minimum atomic E-state index is 0.987. The van der Waals surface area contributed by atoms with Crippen molar-refractivity contribution in [1.29, 1.82) is 0 Å². The molecule has 0 spiro atoms. The highest BCUT2D eigenvalue weighted by molar-refractivity contribution is 7.15. The van der Waals surface area contributed by atoms with Crippen LogP contribution in [0, 0.1) is 34.6 Å². The number of hydrogen-bond acceptors (Lipinski definition) is 3. The fourth-order valence-corrected chi connectivity index (χ4v) is 3.17. The molecule has 2 nitrogen and oxygen atoms in total. The van der Waals surface area contributed by atoms with Crippen molar-refractivity contribution in [3.63, 3.8) is 0 Å². The van der Waals surface area contributed by atoms with Crippen LogP contribution in [0.2, 0.25) is 0 Å². The van der Waals surface area contributed by atoms with Crippen LogP contribution in [-0.2, 0) is 0 Å². The summed E-state index contributed by atoms with van der Waals surface area (Å²) in [5, 5.41) is 1.11. The molecule has 0 bridgehead atoms. The van der Waals surface area contributed by atoms with E-state index in [1.54, 1.807) is 18.4 Å². The second-order valence-corrected chi connectivity index (χ2v) is 5.89. The summed E-state index contributed by atoms with van der Waals surface area (Å²) >= 11 is 1.76. The number of nitrogens with zero attached hydrogens (tertiary/aromatic N) is 1. The minimum absolute atomic E-state index is 0.987. The molecule has 0 aliphatic rings. The molecule has 18 heavy (non-hydrogen) atoms. The quantitative estimate of drug-likeness (QED) is 0.801. The fraction of sp³-hybridized carbons (Fsp3) is 0.400. The van der Waals surface area contributed by atoms with Gasteiger partial charge in [-0.25, -0.2) is 4.98 Å². The van der Waals surface area contributed by atoms with Gasteiger partial charge in [-0.2, -0.15) is 0 Å². The summed E-state index contributed by atoms with van der Waals surface area (Å²) in [6, 6.07) is 2.18. The molecule has 1 heterocycles. The monoisotopic (exact) mass is 261 g/mol. The standard InChI is InChI=1S/C15H19NOS/c1-8-7-13(9(2)10(3)14(8)17-6)15-16-11(4)12(5)18-15/h7H,1-6H3. The zero-order chi connectivity index (χ0) is 13.4. The zero-order valence-electron chi connectivity index (χ0n) is 11.8. The molecule has 0 amide bonds. The van der Waals surface area contributed by atoms with Crippen molar-refractivity contribution in [2.75, 3.05) is 7.11 Å². The van der Waals surface area contributed by atoms with Gasteiger partial charge in [-0.1, -0.05) is 0 Å². The lowest BCUT2D eigenvalue weighted by Gasteiger charge is -2.14. The van der Waals surface area contributed by atoms with Crippen LogP contribution in [0.3, 0.4) is 0 Å². The van der Waals surface area contributed by atoms with Crippen molar-refractivity contribution < 1.29 is 4.74 Å². The number of methoxy groups -OCH3 is 1. The van der Waals surface area contributed by atoms with Crippen LogP contribution in [0.4, 0.5) is 0 Å². The summed E-state index contributed by atoms with van der Waals surface area (Å²) in [5.74, 6) is 0.987. The van der Waals surface area contributed by atoms with Crippen LogP contribution < -0.4 is 4.74 Å². The third-order valence-electron chi connectivity index (χ3n) is 3.49. The number of thiazole rings is 1. The first kappa shape index (κ1) is 13.1. The van der Waals surface area contributed by atoms with Crippen molar-refractivity contribution in [3.8, 4) is 16.3 Å². The van der Waals surface area contributed by atoms with Gasteiger partial charge in [0, 0.05) is 10.4 Å². The molecule has 3 heteroatoms. The largest absolute Gasteiger partial charge is 0.496 e. The maximum atomic E-state index is 5.46. The third-order valence-corrected chi connectivity index (χ3v) is 4.60. The molecule has 0 fully saturated rings. The van der Waals surface area contributed by atoms with E-state index in [1.165, 1.54) is 27.1 Å². The van der Waals surface area contributed by atoms with Crippen LogP contribution >= 0.6 is 11.3 Å². The number of hydrogen-bond donors (Lipinski definition) is 0. The molecule has 0 aliphatic heterocycles. The van der Waals surface area contributed by atoms with Gasteiger partial charge < -0.3 is 4.74 Å². The van der Waals surface area contributed by atoms with E-state index in [2.05, 4.69) is 45.7 Å². The Bertz CT molecular complexity index is 580. The molecule has 2 rings (SSSR count). The van der Waals surface area contributed by atoms with Gasteiger partial charge in [0.25, 0.3) is 0 Å². The summed E-state index contributed by atoms with van der Waals surface area (Å²) in [6.45, 7) is 10.5. The predicted molar refractivity (Wildman–Crippen MR) is 77.8 cm³/mol. The SMILES string of the molecule is COc1c(C)cc(-c2nc(C)c(C)s2)c(C)c1C. The maximum Gasteiger partial charge on any atom is 0.124 e. The van der Waals surface area contributed by atoms with E-state index in [4.69, 9.17) is 4.74 Å². The van der Waals surface area contributed by atoms with Gasteiger partial charge in [0.1, 0.15) is 10.8 Å². The molecule has 0 aliphatic carbocycles. The van der Waals surface area contributed by atoms with E-state index in [-0.39, 0.29) is 0 Å². The number of ether oxygens (including phenoxy) is 1. The Morgan fingerprint density at radius 3 is 2.22 bits per heavy atom. The van der Waals surface area contributed by atoms with E-state index in [1.807, 2.05) is 0 Å². The van der Waals surface area contributed by atoms with Crippen LogP contribution in [0.5, 0.6) is 5.75 Å². The first-order valence-corrected chi connectivity index (χ1v) is 6.86. The van der Waals surface area contributed by atoms with Gasteiger partial charge >= 0.3 is 0 Å². The molecule has 0 saturated heterocycles. The molecular formula is C15H19NOS. The molecule has 0 saturated carbocycles.